The lowest BCUT2D eigenvalue weighted by molar-refractivity contribution is 0.519. The summed E-state index contributed by atoms with van der Waals surface area (Å²) >= 11 is 3.46. The second-order valence-corrected chi connectivity index (χ2v) is 5.07. The number of rotatable bonds is 8. The number of benzene rings is 1. The zero-order valence-corrected chi connectivity index (χ0v) is 11.7. The van der Waals surface area contributed by atoms with Crippen LogP contribution in [0.15, 0.2) is 30.3 Å². The number of hydrogen-bond acceptors (Lipinski definition) is 1. The predicted octanol–water partition coefficient (Wildman–Crippen LogP) is 3.77. The van der Waals surface area contributed by atoms with Crippen molar-refractivity contribution in [2.75, 3.05) is 11.9 Å². The van der Waals surface area contributed by atoms with Crippen LogP contribution in [-0.2, 0) is 6.42 Å². The lowest BCUT2D eigenvalue weighted by atomic mass is 10.1. The highest BCUT2D eigenvalue weighted by Crippen LogP contribution is 2.04. The number of nitrogens with one attached hydrogen (secondary N) is 1. The Labute approximate surface area is 108 Å². The summed E-state index contributed by atoms with van der Waals surface area (Å²) in [7, 11) is 0. The molecule has 1 nitrogen and oxygen atoms in total. The SMILES string of the molecule is CC(CCBr)NCCCCc1ccccc1. The van der Waals surface area contributed by atoms with Crippen molar-refractivity contribution in [1.82, 2.24) is 5.32 Å². The second kappa shape index (κ2) is 8.77. The van der Waals surface area contributed by atoms with Gasteiger partial charge in [0.2, 0.25) is 0 Å². The van der Waals surface area contributed by atoms with Gasteiger partial charge in [0.1, 0.15) is 0 Å². The summed E-state index contributed by atoms with van der Waals surface area (Å²) in [5.41, 5.74) is 1.45. The summed E-state index contributed by atoms with van der Waals surface area (Å²) in [5, 5.41) is 4.63. The van der Waals surface area contributed by atoms with E-state index in [4.69, 9.17) is 0 Å². The third-order valence-electron chi connectivity index (χ3n) is 2.77. The van der Waals surface area contributed by atoms with E-state index >= 15 is 0 Å². The molecule has 1 N–H and O–H groups in total. The van der Waals surface area contributed by atoms with E-state index in [9.17, 15) is 0 Å². The predicted molar refractivity (Wildman–Crippen MR) is 75.3 cm³/mol. The standard InChI is InChI=1S/C14H22BrN/c1-13(10-11-15)16-12-6-5-9-14-7-3-2-4-8-14/h2-4,7-8,13,16H,5-6,9-12H2,1H3. The van der Waals surface area contributed by atoms with E-state index in [1.807, 2.05) is 0 Å². The largest absolute Gasteiger partial charge is 0.314 e. The van der Waals surface area contributed by atoms with Crippen molar-refractivity contribution in [3.8, 4) is 0 Å². The van der Waals surface area contributed by atoms with Gasteiger partial charge in [0.25, 0.3) is 0 Å². The molecule has 0 saturated carbocycles. The van der Waals surface area contributed by atoms with Crippen molar-refractivity contribution in [3.63, 3.8) is 0 Å². The summed E-state index contributed by atoms with van der Waals surface area (Å²) < 4.78 is 0. The zero-order chi connectivity index (χ0) is 11.6. The van der Waals surface area contributed by atoms with Crippen LogP contribution in [0.2, 0.25) is 0 Å². The summed E-state index contributed by atoms with van der Waals surface area (Å²) in [6.07, 6.45) is 4.95. The van der Waals surface area contributed by atoms with Gasteiger partial charge in [-0.2, -0.15) is 0 Å². The fourth-order valence-corrected chi connectivity index (χ4v) is 2.40. The van der Waals surface area contributed by atoms with Gasteiger partial charge < -0.3 is 5.32 Å². The fraction of sp³-hybridized carbons (Fsp3) is 0.571. The van der Waals surface area contributed by atoms with E-state index in [-0.39, 0.29) is 0 Å². The molecule has 0 fully saturated rings. The molecule has 2 heteroatoms. The highest BCUT2D eigenvalue weighted by molar-refractivity contribution is 9.09. The van der Waals surface area contributed by atoms with E-state index < -0.39 is 0 Å². The average molecular weight is 284 g/mol. The monoisotopic (exact) mass is 283 g/mol. The topological polar surface area (TPSA) is 12.0 Å². The molecule has 0 aliphatic rings. The minimum Gasteiger partial charge on any atom is -0.314 e. The molecule has 1 unspecified atom stereocenters. The molecule has 0 radical (unpaired) electrons. The van der Waals surface area contributed by atoms with Gasteiger partial charge in [-0.05, 0) is 44.7 Å². The van der Waals surface area contributed by atoms with Crippen LogP contribution >= 0.6 is 15.9 Å². The minimum atomic E-state index is 0.635. The van der Waals surface area contributed by atoms with Crippen LogP contribution in [0.3, 0.4) is 0 Å². The van der Waals surface area contributed by atoms with Gasteiger partial charge in [0.05, 0.1) is 0 Å². The molecule has 0 aliphatic heterocycles. The van der Waals surface area contributed by atoms with Crippen LogP contribution in [0, 0.1) is 0 Å². The van der Waals surface area contributed by atoms with Crippen LogP contribution in [0.4, 0.5) is 0 Å². The van der Waals surface area contributed by atoms with Crippen molar-refractivity contribution in [2.24, 2.45) is 0 Å². The maximum Gasteiger partial charge on any atom is 0.00466 e. The van der Waals surface area contributed by atoms with E-state index in [2.05, 4.69) is 58.5 Å². The van der Waals surface area contributed by atoms with Crippen molar-refractivity contribution in [2.45, 2.75) is 38.6 Å². The Bertz CT molecular complexity index is 261. The number of halogens is 1. The highest BCUT2D eigenvalue weighted by atomic mass is 79.9. The molecule has 1 rings (SSSR count). The van der Waals surface area contributed by atoms with Crippen LogP contribution < -0.4 is 5.32 Å². The number of aryl methyl sites for hydroxylation is 1. The molecule has 0 saturated heterocycles. The molecule has 0 amide bonds. The molecule has 0 bridgehead atoms. The first-order valence-electron chi connectivity index (χ1n) is 6.16. The first-order valence-corrected chi connectivity index (χ1v) is 7.28. The molecule has 0 spiro atoms. The Kier molecular flexibility index (Phi) is 7.52. The van der Waals surface area contributed by atoms with Gasteiger partial charge in [0, 0.05) is 11.4 Å². The van der Waals surface area contributed by atoms with Crippen LogP contribution in [0.5, 0.6) is 0 Å². The third-order valence-corrected chi connectivity index (χ3v) is 3.23. The first kappa shape index (κ1) is 13.7. The fourth-order valence-electron chi connectivity index (χ4n) is 1.71. The Morgan fingerprint density at radius 3 is 2.62 bits per heavy atom. The summed E-state index contributed by atoms with van der Waals surface area (Å²) in [5.74, 6) is 0. The lowest BCUT2D eigenvalue weighted by Crippen LogP contribution is -2.27. The van der Waals surface area contributed by atoms with Crippen molar-refractivity contribution < 1.29 is 0 Å². The van der Waals surface area contributed by atoms with Gasteiger partial charge >= 0.3 is 0 Å². The molecule has 1 aromatic carbocycles. The Morgan fingerprint density at radius 1 is 1.19 bits per heavy atom. The van der Waals surface area contributed by atoms with E-state index in [1.165, 1.54) is 31.2 Å². The molecule has 90 valence electrons. The maximum atomic E-state index is 3.54. The molecule has 1 atom stereocenters. The highest BCUT2D eigenvalue weighted by Gasteiger charge is 1.98. The summed E-state index contributed by atoms with van der Waals surface area (Å²) in [4.78, 5) is 0. The first-order chi connectivity index (χ1) is 7.83. The molecular formula is C14H22BrN. The van der Waals surface area contributed by atoms with Gasteiger partial charge in [-0.25, -0.2) is 0 Å². The maximum absolute atomic E-state index is 3.54. The Morgan fingerprint density at radius 2 is 1.94 bits per heavy atom. The summed E-state index contributed by atoms with van der Waals surface area (Å²) in [6.45, 7) is 3.39. The molecule has 1 aromatic rings. The Balaban J connectivity index is 2.00. The quantitative estimate of drug-likeness (QED) is 0.566. The van der Waals surface area contributed by atoms with Gasteiger partial charge in [-0.3, -0.25) is 0 Å². The number of alkyl halides is 1. The molecular weight excluding hydrogens is 262 g/mol. The average Bonchev–Trinajstić information content (AvgIpc) is 2.30. The van der Waals surface area contributed by atoms with E-state index in [0.29, 0.717) is 6.04 Å². The number of unbranched alkanes of at least 4 members (excludes halogenated alkanes) is 1. The van der Waals surface area contributed by atoms with E-state index in [1.54, 1.807) is 0 Å². The van der Waals surface area contributed by atoms with Gasteiger partial charge in [-0.15, -0.1) is 0 Å². The normalized spacial score (nSPS) is 12.6. The smallest absolute Gasteiger partial charge is 0.00466 e. The Hall–Kier alpha value is -0.340. The van der Waals surface area contributed by atoms with Crippen LogP contribution in [0.1, 0.15) is 31.7 Å². The van der Waals surface area contributed by atoms with Crippen LogP contribution in [0.25, 0.3) is 0 Å². The zero-order valence-electron chi connectivity index (χ0n) is 10.1. The summed E-state index contributed by atoms with van der Waals surface area (Å²) in [6, 6.07) is 11.4. The third kappa shape index (κ3) is 6.29. The molecule has 0 heterocycles. The van der Waals surface area contributed by atoms with Gasteiger partial charge in [0.15, 0.2) is 0 Å². The molecule has 16 heavy (non-hydrogen) atoms. The van der Waals surface area contributed by atoms with Gasteiger partial charge in [-0.1, -0.05) is 46.3 Å². The van der Waals surface area contributed by atoms with Crippen molar-refractivity contribution >= 4 is 15.9 Å². The van der Waals surface area contributed by atoms with Crippen LogP contribution in [-0.4, -0.2) is 17.9 Å². The second-order valence-electron chi connectivity index (χ2n) is 4.28. The number of hydrogen-bond donors (Lipinski definition) is 1. The molecule has 0 aromatic heterocycles. The van der Waals surface area contributed by atoms with E-state index in [0.717, 1.165) is 11.9 Å². The molecule has 0 aliphatic carbocycles. The lowest BCUT2D eigenvalue weighted by Gasteiger charge is -2.11. The minimum absolute atomic E-state index is 0.635. The van der Waals surface area contributed by atoms with Crippen molar-refractivity contribution in [1.29, 1.82) is 0 Å². The van der Waals surface area contributed by atoms with Crippen molar-refractivity contribution in [3.05, 3.63) is 35.9 Å².